The molecular formula is C17H22N4O4S2. The van der Waals surface area contributed by atoms with Crippen molar-refractivity contribution in [1.29, 1.82) is 0 Å². The van der Waals surface area contributed by atoms with Gasteiger partial charge in [-0.05, 0) is 44.3 Å². The number of nitrogens with one attached hydrogen (secondary N) is 2. The van der Waals surface area contributed by atoms with Gasteiger partial charge in [0, 0.05) is 22.8 Å². The maximum Gasteiger partial charge on any atom is 0.293 e. The van der Waals surface area contributed by atoms with Crippen LogP contribution in [0.1, 0.15) is 6.42 Å². The van der Waals surface area contributed by atoms with Gasteiger partial charge >= 0.3 is 0 Å². The van der Waals surface area contributed by atoms with Crippen LogP contribution < -0.4 is 15.8 Å². The average Bonchev–Trinajstić information content (AvgIpc) is 2.64. The third kappa shape index (κ3) is 6.51. The van der Waals surface area contributed by atoms with Gasteiger partial charge in [-0.1, -0.05) is 18.2 Å². The number of nitrogens with zero attached hydrogens (tertiary/aromatic N) is 1. The van der Waals surface area contributed by atoms with Crippen LogP contribution >= 0.6 is 11.8 Å². The highest BCUT2D eigenvalue weighted by Gasteiger charge is 2.21. The Bertz CT molecular complexity index is 876. The standard InChI is InChI=1S/C17H22N4O4S2/c1-19-10-9-13(12-26-14-5-3-2-4-6-14)20-16-8-7-15(27(18,24)25)11-17(16)21(22)23/h2-8,11,13,19-20H,9-10,12H2,1H3,(H2,18,24,25)/t13-/m1/s1. The number of nitro benzene ring substituents is 1. The number of benzene rings is 2. The molecule has 0 aromatic heterocycles. The summed E-state index contributed by atoms with van der Waals surface area (Å²) >= 11 is 1.64. The Morgan fingerprint density at radius 3 is 2.52 bits per heavy atom. The molecule has 10 heteroatoms. The highest BCUT2D eigenvalue weighted by molar-refractivity contribution is 7.99. The van der Waals surface area contributed by atoms with Gasteiger partial charge in [0.2, 0.25) is 10.0 Å². The van der Waals surface area contributed by atoms with E-state index in [1.807, 2.05) is 37.4 Å². The van der Waals surface area contributed by atoms with Gasteiger partial charge in [-0.2, -0.15) is 0 Å². The molecule has 0 fully saturated rings. The molecule has 27 heavy (non-hydrogen) atoms. The van der Waals surface area contributed by atoms with Gasteiger partial charge in [0.15, 0.2) is 0 Å². The molecule has 0 saturated heterocycles. The molecule has 0 aliphatic carbocycles. The second-order valence-electron chi connectivity index (χ2n) is 5.84. The second kappa shape index (κ2) is 9.70. The largest absolute Gasteiger partial charge is 0.376 e. The molecule has 146 valence electrons. The van der Waals surface area contributed by atoms with Crippen LogP contribution in [0.2, 0.25) is 0 Å². The van der Waals surface area contributed by atoms with E-state index >= 15 is 0 Å². The number of hydrogen-bond acceptors (Lipinski definition) is 7. The summed E-state index contributed by atoms with van der Waals surface area (Å²) in [6.45, 7) is 0.732. The number of nitrogens with two attached hydrogens (primary N) is 1. The van der Waals surface area contributed by atoms with Crippen molar-refractivity contribution in [1.82, 2.24) is 5.32 Å². The SMILES string of the molecule is CNCC[C@H](CSc1ccccc1)Nc1ccc(S(N)(=O)=O)cc1[N+](=O)[O-]. The minimum Gasteiger partial charge on any atom is -0.376 e. The van der Waals surface area contributed by atoms with Gasteiger partial charge in [0.1, 0.15) is 5.69 Å². The molecule has 0 aliphatic heterocycles. The van der Waals surface area contributed by atoms with Crippen molar-refractivity contribution >= 4 is 33.2 Å². The van der Waals surface area contributed by atoms with Crippen LogP contribution in [0.3, 0.4) is 0 Å². The summed E-state index contributed by atoms with van der Waals surface area (Å²) in [6.07, 6.45) is 0.741. The first-order chi connectivity index (χ1) is 12.8. The number of thioether (sulfide) groups is 1. The van der Waals surface area contributed by atoms with Gasteiger partial charge in [0.25, 0.3) is 5.69 Å². The highest BCUT2D eigenvalue weighted by Crippen LogP contribution is 2.29. The Hall–Kier alpha value is -2.14. The molecule has 0 radical (unpaired) electrons. The van der Waals surface area contributed by atoms with Crippen molar-refractivity contribution in [2.75, 3.05) is 24.7 Å². The van der Waals surface area contributed by atoms with Gasteiger partial charge in [-0.25, -0.2) is 13.6 Å². The zero-order valence-electron chi connectivity index (χ0n) is 14.8. The van der Waals surface area contributed by atoms with E-state index in [4.69, 9.17) is 5.14 Å². The molecule has 8 nitrogen and oxygen atoms in total. The van der Waals surface area contributed by atoms with E-state index in [0.717, 1.165) is 23.9 Å². The Labute approximate surface area is 162 Å². The Kier molecular flexibility index (Phi) is 7.60. The first-order valence-corrected chi connectivity index (χ1v) is 10.7. The molecule has 2 aromatic carbocycles. The van der Waals surface area contributed by atoms with E-state index in [1.165, 1.54) is 12.1 Å². The van der Waals surface area contributed by atoms with E-state index in [2.05, 4.69) is 10.6 Å². The molecule has 2 aromatic rings. The number of sulfonamides is 1. The van der Waals surface area contributed by atoms with Crippen molar-refractivity contribution in [2.45, 2.75) is 22.3 Å². The normalized spacial score (nSPS) is 12.5. The van der Waals surface area contributed by atoms with Gasteiger partial charge in [-0.3, -0.25) is 10.1 Å². The van der Waals surface area contributed by atoms with Crippen molar-refractivity contribution in [3.8, 4) is 0 Å². The lowest BCUT2D eigenvalue weighted by Crippen LogP contribution is -2.27. The fourth-order valence-corrected chi connectivity index (χ4v) is 3.94. The lowest BCUT2D eigenvalue weighted by Gasteiger charge is -2.20. The number of rotatable bonds is 10. The fourth-order valence-electron chi connectivity index (χ4n) is 2.41. The third-order valence-corrected chi connectivity index (χ3v) is 5.88. The minimum absolute atomic E-state index is 0.0540. The van der Waals surface area contributed by atoms with E-state index in [9.17, 15) is 18.5 Å². The predicted molar refractivity (Wildman–Crippen MR) is 108 cm³/mol. The minimum atomic E-state index is -4.01. The average molecular weight is 411 g/mol. The summed E-state index contributed by atoms with van der Waals surface area (Å²) in [4.78, 5) is 11.6. The predicted octanol–water partition coefficient (Wildman–Crippen LogP) is 2.42. The molecule has 0 spiro atoms. The summed E-state index contributed by atoms with van der Waals surface area (Å²) in [5.74, 6) is 0.694. The molecule has 0 bridgehead atoms. The molecule has 1 atom stereocenters. The van der Waals surface area contributed by atoms with Crippen molar-refractivity contribution < 1.29 is 13.3 Å². The third-order valence-electron chi connectivity index (χ3n) is 3.79. The van der Waals surface area contributed by atoms with Gasteiger partial charge in [-0.15, -0.1) is 11.8 Å². The number of primary sulfonamides is 1. The molecule has 0 amide bonds. The van der Waals surface area contributed by atoms with Crippen LogP contribution in [0.4, 0.5) is 11.4 Å². The summed E-state index contributed by atoms with van der Waals surface area (Å²) in [5, 5.41) is 22.7. The molecule has 0 aliphatic rings. The maximum atomic E-state index is 11.5. The van der Waals surface area contributed by atoms with E-state index in [1.54, 1.807) is 11.8 Å². The number of nitro groups is 1. The number of hydrogen-bond donors (Lipinski definition) is 3. The monoisotopic (exact) mass is 410 g/mol. The van der Waals surface area contributed by atoms with Crippen molar-refractivity contribution in [2.24, 2.45) is 5.14 Å². The van der Waals surface area contributed by atoms with Crippen molar-refractivity contribution in [3.63, 3.8) is 0 Å². The zero-order chi connectivity index (χ0) is 19.9. The quantitative estimate of drug-likeness (QED) is 0.312. The van der Waals surface area contributed by atoms with Crippen LogP contribution in [-0.4, -0.2) is 38.7 Å². The summed E-state index contributed by atoms with van der Waals surface area (Å²) in [6, 6.07) is 13.4. The summed E-state index contributed by atoms with van der Waals surface area (Å²) in [5.41, 5.74) is -0.0529. The van der Waals surface area contributed by atoms with Crippen LogP contribution in [0, 0.1) is 10.1 Å². The Balaban J connectivity index is 2.21. The molecule has 4 N–H and O–H groups in total. The fraction of sp³-hybridized carbons (Fsp3) is 0.294. The second-order valence-corrected chi connectivity index (χ2v) is 8.49. The Morgan fingerprint density at radius 2 is 1.93 bits per heavy atom. The first kappa shape index (κ1) is 21.2. The van der Waals surface area contributed by atoms with Crippen molar-refractivity contribution in [3.05, 3.63) is 58.6 Å². The molecule has 2 rings (SSSR count). The lowest BCUT2D eigenvalue weighted by atomic mass is 10.2. The van der Waals surface area contributed by atoms with Crippen LogP contribution in [0.5, 0.6) is 0 Å². The molecular weight excluding hydrogens is 388 g/mol. The Morgan fingerprint density at radius 1 is 1.22 bits per heavy atom. The summed E-state index contributed by atoms with van der Waals surface area (Å²) < 4.78 is 22.9. The highest BCUT2D eigenvalue weighted by atomic mass is 32.2. The van der Waals surface area contributed by atoms with E-state index in [0.29, 0.717) is 5.75 Å². The van der Waals surface area contributed by atoms with Gasteiger partial charge < -0.3 is 10.6 Å². The van der Waals surface area contributed by atoms with E-state index < -0.39 is 14.9 Å². The smallest absolute Gasteiger partial charge is 0.293 e. The molecule has 0 saturated carbocycles. The van der Waals surface area contributed by atoms with Crippen LogP contribution in [-0.2, 0) is 10.0 Å². The maximum absolute atomic E-state index is 11.5. The molecule has 0 unspecified atom stereocenters. The van der Waals surface area contributed by atoms with Gasteiger partial charge in [0.05, 0.1) is 9.82 Å². The zero-order valence-corrected chi connectivity index (χ0v) is 16.4. The lowest BCUT2D eigenvalue weighted by molar-refractivity contribution is -0.384. The topological polar surface area (TPSA) is 127 Å². The van der Waals surface area contributed by atoms with Crippen LogP contribution in [0.25, 0.3) is 0 Å². The van der Waals surface area contributed by atoms with Crippen LogP contribution in [0.15, 0.2) is 58.3 Å². The number of anilines is 1. The first-order valence-electron chi connectivity index (χ1n) is 8.21. The summed E-state index contributed by atoms with van der Waals surface area (Å²) in [7, 11) is -2.17. The van der Waals surface area contributed by atoms with E-state index in [-0.39, 0.29) is 22.3 Å². The molecule has 0 heterocycles.